The highest BCUT2D eigenvalue weighted by Crippen LogP contribution is 2.54. The summed E-state index contributed by atoms with van der Waals surface area (Å²) in [6, 6.07) is 45.3. The molecule has 0 spiro atoms. The van der Waals surface area contributed by atoms with Gasteiger partial charge in [-0.1, -0.05) is 127 Å². The maximum absolute atomic E-state index is 15.1. The number of benzene rings is 5. The third kappa shape index (κ3) is 4.37. The van der Waals surface area contributed by atoms with Gasteiger partial charge in [0, 0.05) is 22.6 Å². The lowest BCUT2D eigenvalue weighted by Gasteiger charge is -2.48. The van der Waals surface area contributed by atoms with Crippen LogP contribution in [0.4, 0.5) is 11.4 Å². The Morgan fingerprint density at radius 3 is 2.07 bits per heavy atom. The largest absolute Gasteiger partial charge is 0.462 e. The molecule has 5 heteroatoms. The molecule has 7 rings (SSSR count). The minimum atomic E-state index is -1.16. The second-order valence-corrected chi connectivity index (χ2v) is 10.7. The molecule has 2 heterocycles. The van der Waals surface area contributed by atoms with E-state index in [4.69, 9.17) is 16.3 Å². The number of hydrogen-bond acceptors (Lipinski definition) is 3. The van der Waals surface area contributed by atoms with Crippen LogP contribution in [0.25, 0.3) is 11.3 Å². The maximum atomic E-state index is 15.1. The monoisotopic (exact) mass is 554 g/mol. The van der Waals surface area contributed by atoms with Gasteiger partial charge in [-0.25, -0.2) is 0 Å². The minimum Gasteiger partial charge on any atom is -0.462 e. The Bertz CT molecular complexity index is 1750. The van der Waals surface area contributed by atoms with Crippen molar-refractivity contribution in [3.05, 3.63) is 167 Å². The van der Waals surface area contributed by atoms with Crippen LogP contribution in [0, 0.1) is 0 Å². The van der Waals surface area contributed by atoms with Crippen molar-refractivity contribution in [2.45, 2.75) is 18.2 Å². The molecule has 0 saturated carbocycles. The van der Waals surface area contributed by atoms with Gasteiger partial charge in [0.1, 0.15) is 5.76 Å². The Balaban J connectivity index is 1.55. The lowest BCUT2D eigenvalue weighted by molar-refractivity contribution is -0.120. The molecule has 2 atom stereocenters. The van der Waals surface area contributed by atoms with E-state index in [0.717, 1.165) is 33.6 Å². The first-order valence-electron chi connectivity index (χ1n) is 13.7. The van der Waals surface area contributed by atoms with E-state index < -0.39 is 5.72 Å². The second kappa shape index (κ2) is 10.3. The summed E-state index contributed by atoms with van der Waals surface area (Å²) in [5.74, 6) is 0.442. The van der Waals surface area contributed by atoms with Crippen LogP contribution in [0.3, 0.4) is 0 Å². The van der Waals surface area contributed by atoms with Crippen LogP contribution in [0.2, 0.25) is 5.02 Å². The number of nitrogens with zero attached hydrogens (tertiary/aromatic N) is 1. The molecule has 0 fully saturated rings. The number of carbonyl (C=O) groups excluding carboxylic acids is 1. The van der Waals surface area contributed by atoms with E-state index in [2.05, 4.69) is 11.4 Å². The first-order chi connectivity index (χ1) is 20.1. The van der Waals surface area contributed by atoms with Crippen molar-refractivity contribution in [1.29, 1.82) is 0 Å². The number of halogens is 1. The molecular formula is C36H27ClN2O2. The molecule has 200 valence electrons. The molecule has 0 aliphatic carbocycles. The zero-order valence-electron chi connectivity index (χ0n) is 22.2. The van der Waals surface area contributed by atoms with E-state index >= 15 is 4.79 Å². The fourth-order valence-corrected chi connectivity index (χ4v) is 6.16. The lowest BCUT2D eigenvalue weighted by atomic mass is 9.87. The molecule has 5 aromatic carbocycles. The summed E-state index contributed by atoms with van der Waals surface area (Å²) in [5.41, 5.74) is 4.53. The number of hydrogen-bond donors (Lipinski definition) is 1. The normalized spacial score (nSPS) is 19.9. The molecule has 5 aromatic rings. The predicted octanol–water partition coefficient (Wildman–Crippen LogP) is 8.68. The summed E-state index contributed by atoms with van der Waals surface area (Å²) < 4.78 is 7.32. The molecule has 41 heavy (non-hydrogen) atoms. The van der Waals surface area contributed by atoms with E-state index in [0.29, 0.717) is 22.8 Å². The molecule has 0 unspecified atom stereocenters. The minimum absolute atomic E-state index is 0.119. The van der Waals surface area contributed by atoms with Gasteiger partial charge in [0.2, 0.25) is 5.72 Å². The summed E-state index contributed by atoms with van der Waals surface area (Å²) in [6.07, 6.45) is 0.441. The Labute approximate surface area is 244 Å². The third-order valence-electron chi connectivity index (χ3n) is 7.81. The number of anilines is 2. The van der Waals surface area contributed by atoms with Crippen molar-refractivity contribution in [3.8, 4) is 0 Å². The van der Waals surface area contributed by atoms with Gasteiger partial charge < -0.3 is 10.1 Å². The summed E-state index contributed by atoms with van der Waals surface area (Å²) in [6.45, 7) is 0. The van der Waals surface area contributed by atoms with Crippen LogP contribution in [-0.4, -0.2) is 5.91 Å². The molecule has 1 N–H and O–H groups in total. The first-order valence-corrected chi connectivity index (χ1v) is 14.1. The van der Waals surface area contributed by atoms with Gasteiger partial charge in [-0.15, -0.1) is 0 Å². The number of nitrogens with one attached hydrogen (secondary N) is 1. The van der Waals surface area contributed by atoms with Gasteiger partial charge >= 0.3 is 0 Å². The van der Waals surface area contributed by atoms with Crippen LogP contribution in [0.5, 0.6) is 0 Å². The Morgan fingerprint density at radius 2 is 1.37 bits per heavy atom. The third-order valence-corrected chi connectivity index (χ3v) is 8.04. The molecule has 1 amide bonds. The van der Waals surface area contributed by atoms with Gasteiger partial charge in [-0.05, 0) is 35.4 Å². The average molecular weight is 555 g/mol. The van der Waals surface area contributed by atoms with E-state index in [1.54, 1.807) is 0 Å². The first kappa shape index (κ1) is 25.2. The summed E-state index contributed by atoms with van der Waals surface area (Å²) >= 11 is 6.48. The van der Waals surface area contributed by atoms with E-state index in [1.807, 2.05) is 138 Å². The van der Waals surface area contributed by atoms with Crippen molar-refractivity contribution < 1.29 is 9.53 Å². The number of fused-ring (bicyclic) bond motifs is 3. The second-order valence-electron chi connectivity index (χ2n) is 10.3. The summed E-state index contributed by atoms with van der Waals surface area (Å²) in [7, 11) is 0. The highest BCUT2D eigenvalue weighted by atomic mass is 35.5. The van der Waals surface area contributed by atoms with Gasteiger partial charge in [-0.3, -0.25) is 9.69 Å². The van der Waals surface area contributed by atoms with Crippen LogP contribution in [0.15, 0.2) is 140 Å². The van der Waals surface area contributed by atoms with E-state index in [9.17, 15) is 0 Å². The van der Waals surface area contributed by atoms with Gasteiger partial charge in [0.25, 0.3) is 5.91 Å². The van der Waals surface area contributed by atoms with Crippen LogP contribution in [0.1, 0.15) is 34.7 Å². The number of para-hydroxylation sites is 2. The summed E-state index contributed by atoms with van der Waals surface area (Å²) in [5, 5.41) is 4.39. The fraction of sp³-hybridized carbons (Fsp3) is 0.0833. The zero-order chi connectivity index (χ0) is 27.8. The van der Waals surface area contributed by atoms with E-state index in [-0.39, 0.29) is 11.9 Å². The highest BCUT2D eigenvalue weighted by Gasteiger charge is 2.54. The number of carbonyl (C=O) groups is 1. The Kier molecular flexibility index (Phi) is 6.33. The van der Waals surface area contributed by atoms with Crippen LogP contribution >= 0.6 is 11.6 Å². The van der Waals surface area contributed by atoms with Crippen molar-refractivity contribution in [3.63, 3.8) is 0 Å². The molecule has 2 aliphatic heterocycles. The highest BCUT2D eigenvalue weighted by molar-refractivity contribution is 6.33. The summed E-state index contributed by atoms with van der Waals surface area (Å²) in [4.78, 5) is 16.9. The maximum Gasteiger partial charge on any atom is 0.266 e. The molecule has 0 aromatic heterocycles. The van der Waals surface area contributed by atoms with Crippen molar-refractivity contribution in [2.75, 3.05) is 10.2 Å². The SMILES string of the molecule is O=C1C(c2ccccc2)=C(c2ccccc2)O[C@]2(c3ccccc3)C[C@@H](c3cccc(Cl)c3)Nc3ccccc3N12. The molecule has 0 bridgehead atoms. The molecular weight excluding hydrogens is 528 g/mol. The molecule has 4 nitrogen and oxygen atoms in total. The molecule has 2 aliphatic rings. The Hall–Kier alpha value is -4.80. The van der Waals surface area contributed by atoms with E-state index in [1.165, 1.54) is 0 Å². The predicted molar refractivity (Wildman–Crippen MR) is 165 cm³/mol. The van der Waals surface area contributed by atoms with Gasteiger partial charge in [0.15, 0.2) is 0 Å². The van der Waals surface area contributed by atoms with Crippen LogP contribution in [-0.2, 0) is 15.3 Å². The average Bonchev–Trinajstić information content (AvgIpc) is 3.18. The standard InChI is InChI=1S/C36H27ClN2O2/c37-29-20-12-17-27(23-29)31-24-36(28-18-8-3-9-19-28)39(32-22-11-10-21-30(32)38-31)35(40)33(25-13-4-1-5-14-25)34(41-36)26-15-6-2-7-16-26/h1-23,31,38H,24H2/t31-,36-/m0/s1. The lowest BCUT2D eigenvalue weighted by Crippen LogP contribution is -2.55. The molecule has 0 radical (unpaired) electrons. The number of amides is 1. The van der Waals surface area contributed by atoms with Crippen molar-refractivity contribution >= 4 is 40.2 Å². The zero-order valence-corrected chi connectivity index (χ0v) is 23.0. The Morgan fingerprint density at radius 1 is 0.732 bits per heavy atom. The van der Waals surface area contributed by atoms with Gasteiger partial charge in [-0.2, -0.15) is 0 Å². The number of rotatable bonds is 4. The van der Waals surface area contributed by atoms with Crippen molar-refractivity contribution in [2.24, 2.45) is 0 Å². The topological polar surface area (TPSA) is 41.6 Å². The quantitative estimate of drug-likeness (QED) is 0.241. The number of ether oxygens (including phenoxy) is 1. The smallest absolute Gasteiger partial charge is 0.266 e. The van der Waals surface area contributed by atoms with Gasteiger partial charge in [0.05, 0.1) is 23.0 Å². The van der Waals surface area contributed by atoms with Crippen LogP contribution < -0.4 is 10.2 Å². The fourth-order valence-electron chi connectivity index (χ4n) is 5.96. The van der Waals surface area contributed by atoms with Crippen molar-refractivity contribution in [1.82, 2.24) is 0 Å². The molecule has 0 saturated heterocycles.